The molecule has 1 aliphatic rings. The number of nitrogens with zero attached hydrogens (tertiary/aromatic N) is 1. The summed E-state index contributed by atoms with van der Waals surface area (Å²) in [4.78, 5) is 14.7. The SMILES string of the molecule is COc1ccc2cc([C@@H](C)C(=O)N(C)Cc3ccc4c(c3)OCO4)ccc2c1. The van der Waals surface area contributed by atoms with Gasteiger partial charge in [0, 0.05) is 13.6 Å². The fourth-order valence-electron chi connectivity index (χ4n) is 3.50. The van der Waals surface area contributed by atoms with Gasteiger partial charge in [-0.15, -0.1) is 0 Å². The van der Waals surface area contributed by atoms with Crippen molar-refractivity contribution in [1.29, 1.82) is 0 Å². The third-order valence-corrected chi connectivity index (χ3v) is 5.17. The molecule has 1 aliphatic heterocycles. The van der Waals surface area contributed by atoms with E-state index in [9.17, 15) is 4.79 Å². The van der Waals surface area contributed by atoms with Crippen LogP contribution in [-0.4, -0.2) is 31.8 Å². The summed E-state index contributed by atoms with van der Waals surface area (Å²) in [7, 11) is 3.49. The highest BCUT2D eigenvalue weighted by atomic mass is 16.7. The minimum Gasteiger partial charge on any atom is -0.497 e. The van der Waals surface area contributed by atoms with Gasteiger partial charge in [0.15, 0.2) is 11.5 Å². The third kappa shape index (κ3) is 3.48. The first-order valence-corrected chi connectivity index (χ1v) is 9.26. The number of benzene rings is 3. The average molecular weight is 377 g/mol. The Morgan fingerprint density at radius 3 is 2.61 bits per heavy atom. The number of amides is 1. The van der Waals surface area contributed by atoms with Crippen LogP contribution in [-0.2, 0) is 11.3 Å². The Labute approximate surface area is 164 Å². The highest BCUT2D eigenvalue weighted by Crippen LogP contribution is 2.33. The topological polar surface area (TPSA) is 48.0 Å². The largest absolute Gasteiger partial charge is 0.497 e. The molecule has 0 radical (unpaired) electrons. The molecular formula is C23H23NO4. The van der Waals surface area contributed by atoms with Crippen molar-refractivity contribution in [3.05, 3.63) is 65.7 Å². The van der Waals surface area contributed by atoms with Crippen molar-refractivity contribution in [3.63, 3.8) is 0 Å². The maximum Gasteiger partial charge on any atom is 0.231 e. The second-order valence-electron chi connectivity index (χ2n) is 7.08. The van der Waals surface area contributed by atoms with Crippen molar-refractivity contribution < 1.29 is 19.0 Å². The van der Waals surface area contributed by atoms with Crippen LogP contribution in [0.15, 0.2) is 54.6 Å². The zero-order chi connectivity index (χ0) is 19.7. The quantitative estimate of drug-likeness (QED) is 0.664. The van der Waals surface area contributed by atoms with Gasteiger partial charge < -0.3 is 19.1 Å². The maximum atomic E-state index is 13.0. The van der Waals surface area contributed by atoms with Gasteiger partial charge >= 0.3 is 0 Å². The molecule has 0 unspecified atom stereocenters. The predicted octanol–water partition coefficient (Wildman–Crippen LogP) is 4.34. The summed E-state index contributed by atoms with van der Waals surface area (Å²) in [6.07, 6.45) is 0. The Bertz CT molecular complexity index is 1030. The molecule has 144 valence electrons. The molecule has 0 aromatic heterocycles. The van der Waals surface area contributed by atoms with Crippen LogP contribution in [0.2, 0.25) is 0 Å². The molecule has 3 aromatic carbocycles. The second-order valence-corrected chi connectivity index (χ2v) is 7.08. The van der Waals surface area contributed by atoms with Gasteiger partial charge in [0.25, 0.3) is 0 Å². The monoisotopic (exact) mass is 377 g/mol. The Hall–Kier alpha value is -3.21. The molecule has 5 heteroatoms. The number of hydrogen-bond donors (Lipinski definition) is 0. The van der Waals surface area contributed by atoms with Crippen LogP contribution >= 0.6 is 0 Å². The summed E-state index contributed by atoms with van der Waals surface area (Å²) < 4.78 is 16.0. The molecule has 1 heterocycles. The van der Waals surface area contributed by atoms with Gasteiger partial charge in [0.05, 0.1) is 13.0 Å². The van der Waals surface area contributed by atoms with Gasteiger partial charge in [0.1, 0.15) is 5.75 Å². The van der Waals surface area contributed by atoms with Gasteiger partial charge in [-0.2, -0.15) is 0 Å². The molecule has 0 fully saturated rings. The zero-order valence-corrected chi connectivity index (χ0v) is 16.3. The number of methoxy groups -OCH3 is 1. The van der Waals surface area contributed by atoms with E-state index in [1.54, 1.807) is 12.0 Å². The molecule has 28 heavy (non-hydrogen) atoms. The van der Waals surface area contributed by atoms with Gasteiger partial charge in [-0.25, -0.2) is 0 Å². The van der Waals surface area contributed by atoms with Gasteiger partial charge in [-0.1, -0.05) is 30.3 Å². The molecule has 4 rings (SSSR count). The predicted molar refractivity (Wildman–Crippen MR) is 108 cm³/mol. The van der Waals surface area contributed by atoms with Crippen LogP contribution in [0, 0.1) is 0 Å². The highest BCUT2D eigenvalue weighted by Gasteiger charge is 2.21. The van der Waals surface area contributed by atoms with Crippen LogP contribution in [0.3, 0.4) is 0 Å². The molecule has 1 amide bonds. The lowest BCUT2D eigenvalue weighted by atomic mass is 9.96. The fourth-order valence-corrected chi connectivity index (χ4v) is 3.50. The lowest BCUT2D eigenvalue weighted by Crippen LogP contribution is -2.30. The van der Waals surface area contributed by atoms with E-state index < -0.39 is 0 Å². The molecule has 0 spiro atoms. The lowest BCUT2D eigenvalue weighted by Gasteiger charge is -2.22. The number of rotatable bonds is 5. The minimum absolute atomic E-state index is 0.0746. The minimum atomic E-state index is -0.231. The van der Waals surface area contributed by atoms with Crippen LogP contribution < -0.4 is 14.2 Å². The van der Waals surface area contributed by atoms with Crippen molar-refractivity contribution in [2.75, 3.05) is 21.0 Å². The average Bonchev–Trinajstić information content (AvgIpc) is 3.19. The Kier molecular flexibility index (Phi) is 4.82. The second kappa shape index (κ2) is 7.43. The number of hydrogen-bond acceptors (Lipinski definition) is 4. The summed E-state index contributed by atoms with van der Waals surface area (Å²) in [6, 6.07) is 17.9. The zero-order valence-electron chi connectivity index (χ0n) is 16.3. The molecule has 0 aliphatic carbocycles. The van der Waals surface area contributed by atoms with E-state index in [2.05, 4.69) is 6.07 Å². The normalized spacial score (nSPS) is 13.4. The number of fused-ring (bicyclic) bond motifs is 2. The fraction of sp³-hybridized carbons (Fsp3) is 0.261. The smallest absolute Gasteiger partial charge is 0.231 e. The van der Waals surface area contributed by atoms with Crippen LogP contribution in [0.5, 0.6) is 17.2 Å². The van der Waals surface area contributed by atoms with E-state index in [0.29, 0.717) is 6.54 Å². The van der Waals surface area contributed by atoms with E-state index in [-0.39, 0.29) is 18.6 Å². The molecule has 5 nitrogen and oxygen atoms in total. The molecular weight excluding hydrogens is 354 g/mol. The van der Waals surface area contributed by atoms with Crippen LogP contribution in [0.25, 0.3) is 10.8 Å². The first-order chi connectivity index (χ1) is 13.5. The Morgan fingerprint density at radius 1 is 1.04 bits per heavy atom. The summed E-state index contributed by atoms with van der Waals surface area (Å²) in [5, 5.41) is 2.19. The third-order valence-electron chi connectivity index (χ3n) is 5.17. The Balaban J connectivity index is 1.49. The van der Waals surface area contributed by atoms with Gasteiger partial charge in [-0.05, 0) is 53.1 Å². The number of carbonyl (C=O) groups is 1. The Morgan fingerprint density at radius 2 is 1.79 bits per heavy atom. The summed E-state index contributed by atoms with van der Waals surface area (Å²) in [5.41, 5.74) is 2.01. The van der Waals surface area contributed by atoms with Gasteiger partial charge in [0.2, 0.25) is 12.7 Å². The van der Waals surface area contributed by atoms with Crippen molar-refractivity contribution in [2.24, 2.45) is 0 Å². The van der Waals surface area contributed by atoms with E-state index in [4.69, 9.17) is 14.2 Å². The summed E-state index contributed by atoms with van der Waals surface area (Å²) >= 11 is 0. The molecule has 0 bridgehead atoms. The number of carbonyl (C=O) groups excluding carboxylic acids is 1. The molecule has 1 atom stereocenters. The van der Waals surface area contributed by atoms with Crippen LogP contribution in [0.1, 0.15) is 24.0 Å². The van der Waals surface area contributed by atoms with E-state index in [1.165, 1.54) is 0 Å². The molecule has 0 N–H and O–H groups in total. The van der Waals surface area contributed by atoms with Crippen molar-refractivity contribution >= 4 is 16.7 Å². The standard InChI is InChI=1S/C23H23NO4/c1-15(17-5-6-19-12-20(26-3)8-7-18(19)11-17)23(25)24(2)13-16-4-9-21-22(10-16)28-14-27-21/h4-12,15H,13-14H2,1-3H3/t15-/m1/s1. The number of likely N-dealkylation sites (N-methyl/N-ethyl adjacent to an activating group) is 1. The molecule has 0 saturated heterocycles. The van der Waals surface area contributed by atoms with Crippen LogP contribution in [0.4, 0.5) is 0 Å². The first kappa shape index (κ1) is 18.2. The highest BCUT2D eigenvalue weighted by molar-refractivity contribution is 5.88. The lowest BCUT2D eigenvalue weighted by molar-refractivity contribution is -0.131. The van der Waals surface area contributed by atoms with Crippen molar-refractivity contribution in [3.8, 4) is 17.2 Å². The number of ether oxygens (including phenoxy) is 3. The van der Waals surface area contributed by atoms with E-state index in [0.717, 1.165) is 39.1 Å². The van der Waals surface area contributed by atoms with E-state index >= 15 is 0 Å². The first-order valence-electron chi connectivity index (χ1n) is 9.26. The maximum absolute atomic E-state index is 13.0. The van der Waals surface area contributed by atoms with Gasteiger partial charge in [-0.3, -0.25) is 4.79 Å². The summed E-state index contributed by atoms with van der Waals surface area (Å²) in [5.74, 6) is 2.15. The van der Waals surface area contributed by atoms with Crippen molar-refractivity contribution in [1.82, 2.24) is 4.90 Å². The van der Waals surface area contributed by atoms with Crippen molar-refractivity contribution in [2.45, 2.75) is 19.4 Å². The van der Waals surface area contributed by atoms with E-state index in [1.807, 2.05) is 62.5 Å². The summed E-state index contributed by atoms with van der Waals surface area (Å²) in [6.45, 7) is 2.71. The molecule has 3 aromatic rings. The molecule has 0 saturated carbocycles.